The minimum absolute atomic E-state index is 0.241. The van der Waals surface area contributed by atoms with Gasteiger partial charge in [-0.15, -0.1) is 0 Å². The third kappa shape index (κ3) is 2.79. The first-order chi connectivity index (χ1) is 9.50. The fourth-order valence-electron chi connectivity index (χ4n) is 2.15. The zero-order valence-electron chi connectivity index (χ0n) is 11.2. The van der Waals surface area contributed by atoms with Crippen molar-refractivity contribution < 1.29 is 19.5 Å². The molecule has 2 rings (SSSR count). The second kappa shape index (κ2) is 5.73. The van der Waals surface area contributed by atoms with Crippen LogP contribution in [0.15, 0.2) is 30.3 Å². The molecule has 0 aromatic heterocycles. The summed E-state index contributed by atoms with van der Waals surface area (Å²) < 4.78 is 0. The molecule has 1 saturated heterocycles. The van der Waals surface area contributed by atoms with Gasteiger partial charge in [0.15, 0.2) is 0 Å². The third-order valence-corrected chi connectivity index (χ3v) is 3.38. The largest absolute Gasteiger partial charge is 0.480 e. The van der Waals surface area contributed by atoms with Gasteiger partial charge in [-0.1, -0.05) is 30.3 Å². The molecule has 1 aromatic rings. The predicted octanol–water partition coefficient (Wildman–Crippen LogP) is 0.330. The van der Waals surface area contributed by atoms with E-state index in [1.54, 1.807) is 0 Å². The van der Waals surface area contributed by atoms with Crippen molar-refractivity contribution in [2.75, 3.05) is 13.1 Å². The van der Waals surface area contributed by atoms with Crippen molar-refractivity contribution in [2.45, 2.75) is 19.5 Å². The number of hydrogen-bond acceptors (Lipinski definition) is 3. The number of carboxylic acid groups (broad SMARTS) is 1. The minimum atomic E-state index is -1.11. The average molecular weight is 276 g/mol. The maximum atomic E-state index is 12.0. The van der Waals surface area contributed by atoms with Gasteiger partial charge >= 0.3 is 17.8 Å². The van der Waals surface area contributed by atoms with E-state index in [0.29, 0.717) is 13.1 Å². The normalized spacial score (nSPS) is 17.2. The molecule has 1 aromatic carbocycles. The summed E-state index contributed by atoms with van der Waals surface area (Å²) in [5, 5.41) is 8.92. The SMILES string of the molecule is CC(C(=O)O)N1CCN(Cc2ccccc2)C(=O)C1=O. The van der Waals surface area contributed by atoms with E-state index in [4.69, 9.17) is 5.11 Å². The second-order valence-corrected chi connectivity index (χ2v) is 4.73. The highest BCUT2D eigenvalue weighted by Gasteiger charge is 2.37. The first-order valence-corrected chi connectivity index (χ1v) is 6.37. The molecule has 6 nitrogen and oxygen atoms in total. The van der Waals surface area contributed by atoms with Gasteiger partial charge in [0.05, 0.1) is 0 Å². The Kier molecular flexibility index (Phi) is 4.02. The molecular weight excluding hydrogens is 260 g/mol. The molecule has 0 aliphatic carbocycles. The van der Waals surface area contributed by atoms with Gasteiger partial charge in [-0.3, -0.25) is 9.59 Å². The van der Waals surface area contributed by atoms with Crippen LogP contribution in [0.1, 0.15) is 12.5 Å². The maximum Gasteiger partial charge on any atom is 0.326 e. The smallest absolute Gasteiger partial charge is 0.326 e. The summed E-state index contributed by atoms with van der Waals surface area (Å²) in [5.41, 5.74) is 0.938. The van der Waals surface area contributed by atoms with E-state index in [-0.39, 0.29) is 6.54 Å². The average Bonchev–Trinajstić information content (AvgIpc) is 2.44. The quantitative estimate of drug-likeness (QED) is 0.804. The molecule has 2 amide bonds. The molecule has 0 saturated carbocycles. The van der Waals surface area contributed by atoms with Gasteiger partial charge in [-0.05, 0) is 12.5 Å². The molecule has 20 heavy (non-hydrogen) atoms. The molecule has 1 fully saturated rings. The van der Waals surface area contributed by atoms with E-state index in [2.05, 4.69) is 0 Å². The highest BCUT2D eigenvalue weighted by atomic mass is 16.4. The zero-order valence-corrected chi connectivity index (χ0v) is 11.2. The van der Waals surface area contributed by atoms with Gasteiger partial charge in [0.25, 0.3) is 0 Å². The lowest BCUT2D eigenvalue weighted by atomic mass is 10.1. The summed E-state index contributed by atoms with van der Waals surface area (Å²) in [7, 11) is 0. The van der Waals surface area contributed by atoms with Crippen molar-refractivity contribution in [3.8, 4) is 0 Å². The van der Waals surface area contributed by atoms with Gasteiger partial charge in [-0.2, -0.15) is 0 Å². The van der Waals surface area contributed by atoms with E-state index in [0.717, 1.165) is 10.5 Å². The van der Waals surface area contributed by atoms with Crippen molar-refractivity contribution in [1.82, 2.24) is 9.80 Å². The van der Waals surface area contributed by atoms with Crippen LogP contribution in [0.25, 0.3) is 0 Å². The molecule has 6 heteroatoms. The first kappa shape index (κ1) is 14.0. The van der Waals surface area contributed by atoms with Crippen molar-refractivity contribution in [3.05, 3.63) is 35.9 Å². The molecule has 1 aliphatic heterocycles. The van der Waals surface area contributed by atoms with Crippen LogP contribution in [0.4, 0.5) is 0 Å². The number of benzene rings is 1. The monoisotopic (exact) mass is 276 g/mol. The number of carbonyl (C=O) groups excluding carboxylic acids is 2. The lowest BCUT2D eigenvalue weighted by Gasteiger charge is -2.35. The number of hydrogen-bond donors (Lipinski definition) is 1. The maximum absolute atomic E-state index is 12.0. The molecule has 1 N–H and O–H groups in total. The van der Waals surface area contributed by atoms with Crippen molar-refractivity contribution in [2.24, 2.45) is 0 Å². The van der Waals surface area contributed by atoms with Gasteiger partial charge in [0, 0.05) is 19.6 Å². The van der Waals surface area contributed by atoms with Crippen LogP contribution in [-0.4, -0.2) is 51.8 Å². The van der Waals surface area contributed by atoms with Crippen LogP contribution in [0.5, 0.6) is 0 Å². The second-order valence-electron chi connectivity index (χ2n) is 4.73. The molecular formula is C14H16N2O4. The van der Waals surface area contributed by atoms with Crippen LogP contribution >= 0.6 is 0 Å². The van der Waals surface area contributed by atoms with Crippen LogP contribution in [-0.2, 0) is 20.9 Å². The number of carbonyl (C=O) groups is 3. The topological polar surface area (TPSA) is 77.9 Å². The Bertz CT molecular complexity index is 529. The highest BCUT2D eigenvalue weighted by Crippen LogP contribution is 2.13. The Hall–Kier alpha value is -2.37. The molecule has 1 atom stereocenters. The third-order valence-electron chi connectivity index (χ3n) is 3.38. The van der Waals surface area contributed by atoms with Crippen LogP contribution < -0.4 is 0 Å². The molecule has 106 valence electrons. The lowest BCUT2D eigenvalue weighted by Crippen LogP contribution is -2.57. The Balaban J connectivity index is 2.06. The molecule has 0 spiro atoms. The minimum Gasteiger partial charge on any atom is -0.480 e. The molecule has 1 aliphatic rings. The van der Waals surface area contributed by atoms with Crippen LogP contribution in [0.2, 0.25) is 0 Å². The Morgan fingerprint density at radius 3 is 2.45 bits per heavy atom. The number of nitrogens with zero attached hydrogens (tertiary/aromatic N) is 2. The highest BCUT2D eigenvalue weighted by molar-refractivity contribution is 6.35. The summed E-state index contributed by atoms with van der Waals surface area (Å²) in [6, 6.07) is 8.39. The van der Waals surface area contributed by atoms with E-state index in [1.165, 1.54) is 11.8 Å². The number of piperazine rings is 1. The Morgan fingerprint density at radius 1 is 1.20 bits per heavy atom. The molecule has 1 unspecified atom stereocenters. The predicted molar refractivity (Wildman–Crippen MR) is 70.7 cm³/mol. The summed E-state index contributed by atoms with van der Waals surface area (Å²) in [6.07, 6.45) is 0. The summed E-state index contributed by atoms with van der Waals surface area (Å²) in [4.78, 5) is 37.4. The number of aliphatic carboxylic acids is 1. The molecule has 0 radical (unpaired) electrons. The Morgan fingerprint density at radius 2 is 1.85 bits per heavy atom. The van der Waals surface area contributed by atoms with Gasteiger partial charge < -0.3 is 14.9 Å². The van der Waals surface area contributed by atoms with Crippen molar-refractivity contribution >= 4 is 17.8 Å². The number of rotatable bonds is 4. The first-order valence-electron chi connectivity index (χ1n) is 6.37. The van der Waals surface area contributed by atoms with Crippen LogP contribution in [0, 0.1) is 0 Å². The zero-order chi connectivity index (χ0) is 14.7. The summed E-state index contributed by atoms with van der Waals surface area (Å²) >= 11 is 0. The fraction of sp³-hybridized carbons (Fsp3) is 0.357. The van der Waals surface area contributed by atoms with E-state index >= 15 is 0 Å². The fourth-order valence-corrected chi connectivity index (χ4v) is 2.15. The summed E-state index contributed by atoms with van der Waals surface area (Å²) in [6.45, 7) is 2.35. The van der Waals surface area contributed by atoms with Crippen LogP contribution in [0.3, 0.4) is 0 Å². The van der Waals surface area contributed by atoms with Gasteiger partial charge in [0.2, 0.25) is 0 Å². The van der Waals surface area contributed by atoms with Crippen molar-refractivity contribution in [1.29, 1.82) is 0 Å². The lowest BCUT2D eigenvalue weighted by molar-refractivity contribution is -0.162. The van der Waals surface area contributed by atoms with Gasteiger partial charge in [-0.25, -0.2) is 4.79 Å². The summed E-state index contributed by atoms with van der Waals surface area (Å²) in [5.74, 6) is -2.50. The van der Waals surface area contributed by atoms with E-state index in [9.17, 15) is 14.4 Å². The van der Waals surface area contributed by atoms with Gasteiger partial charge in [0.1, 0.15) is 6.04 Å². The van der Waals surface area contributed by atoms with Crippen molar-refractivity contribution in [3.63, 3.8) is 0 Å². The molecule has 0 bridgehead atoms. The van der Waals surface area contributed by atoms with E-state index < -0.39 is 23.8 Å². The number of carboxylic acids is 1. The standard InChI is InChI=1S/C14H16N2O4/c1-10(14(19)20)16-8-7-15(12(17)13(16)18)9-11-5-3-2-4-6-11/h2-6,10H,7-9H2,1H3,(H,19,20). The molecule has 1 heterocycles. The van der Waals surface area contributed by atoms with E-state index in [1.807, 2.05) is 30.3 Å². The Labute approximate surface area is 116 Å². The number of amides is 2.